The van der Waals surface area contributed by atoms with Gasteiger partial charge < -0.3 is 10.4 Å². The molecule has 8 nitrogen and oxygen atoms in total. The van der Waals surface area contributed by atoms with E-state index >= 15 is 0 Å². The number of nitrogens with zero attached hydrogens (tertiary/aromatic N) is 1. The van der Waals surface area contributed by atoms with Crippen LogP contribution in [0.15, 0.2) is 0 Å². The Hall–Kier alpha value is -1.67. The molecule has 8 heteroatoms. The monoisotopic (exact) mass is 328 g/mol. The van der Waals surface area contributed by atoms with Crippen molar-refractivity contribution in [2.24, 2.45) is 17.7 Å². The minimum atomic E-state index is -0.931. The summed E-state index contributed by atoms with van der Waals surface area (Å²) in [7, 11) is 0. The number of hydrazine groups is 1. The molecule has 132 valence electrons. The van der Waals surface area contributed by atoms with Crippen LogP contribution < -0.4 is 16.6 Å². The van der Waals surface area contributed by atoms with Crippen LogP contribution in [0.2, 0.25) is 0 Å². The van der Waals surface area contributed by atoms with Crippen LogP contribution >= 0.6 is 0 Å². The molecule has 1 heterocycles. The molecule has 0 aliphatic carbocycles. The van der Waals surface area contributed by atoms with E-state index in [1.54, 1.807) is 0 Å². The summed E-state index contributed by atoms with van der Waals surface area (Å²) in [5, 5.41) is 12.3. The smallest absolute Gasteiger partial charge is 0.320 e. The molecule has 0 saturated carbocycles. The third-order valence-electron chi connectivity index (χ3n) is 4.47. The molecule has 5 N–H and O–H groups in total. The molecule has 0 aromatic rings. The van der Waals surface area contributed by atoms with E-state index in [0.29, 0.717) is 13.1 Å². The largest absolute Gasteiger partial charge is 0.480 e. The molecule has 3 unspecified atom stereocenters. The van der Waals surface area contributed by atoms with Crippen molar-refractivity contribution in [1.29, 1.82) is 0 Å². The molecule has 1 aliphatic rings. The Bertz CT molecular complexity index is 443. The predicted molar refractivity (Wildman–Crippen MR) is 85.1 cm³/mol. The number of nitrogens with two attached hydrogens (primary N) is 1. The van der Waals surface area contributed by atoms with Crippen molar-refractivity contribution in [2.45, 2.75) is 52.1 Å². The van der Waals surface area contributed by atoms with E-state index in [0.717, 1.165) is 12.8 Å². The zero-order chi connectivity index (χ0) is 17.6. The summed E-state index contributed by atoms with van der Waals surface area (Å²) < 4.78 is 0. The van der Waals surface area contributed by atoms with Gasteiger partial charge >= 0.3 is 5.97 Å². The first kappa shape index (κ1) is 19.4. The maximum atomic E-state index is 11.7. The Labute approximate surface area is 136 Å². The highest BCUT2D eigenvalue weighted by Crippen LogP contribution is 2.26. The lowest BCUT2D eigenvalue weighted by Gasteiger charge is -2.30. The number of carboxylic acids is 1. The van der Waals surface area contributed by atoms with Gasteiger partial charge in [-0.1, -0.05) is 13.3 Å². The third-order valence-corrected chi connectivity index (χ3v) is 4.47. The van der Waals surface area contributed by atoms with Crippen molar-refractivity contribution in [3.05, 3.63) is 0 Å². The number of carboxylic acid groups (broad SMARTS) is 1. The second-order valence-electron chi connectivity index (χ2n) is 6.29. The van der Waals surface area contributed by atoms with Gasteiger partial charge in [0.05, 0.1) is 5.92 Å². The highest BCUT2D eigenvalue weighted by molar-refractivity contribution is 5.81. The zero-order valence-corrected chi connectivity index (χ0v) is 14.0. The molecule has 1 rings (SSSR count). The summed E-state index contributed by atoms with van der Waals surface area (Å²) in [6.45, 7) is 6.35. The first-order valence-electron chi connectivity index (χ1n) is 8.04. The number of nitrogens with one attached hydrogen (secondary N) is 2. The van der Waals surface area contributed by atoms with Gasteiger partial charge in [0, 0.05) is 26.1 Å². The van der Waals surface area contributed by atoms with Crippen LogP contribution in [0.5, 0.6) is 0 Å². The van der Waals surface area contributed by atoms with Gasteiger partial charge in [0.25, 0.3) is 0 Å². The summed E-state index contributed by atoms with van der Waals surface area (Å²) in [5.74, 6) is 3.51. The van der Waals surface area contributed by atoms with Crippen LogP contribution in [0.3, 0.4) is 0 Å². The minimum absolute atomic E-state index is 0.0516. The van der Waals surface area contributed by atoms with Crippen molar-refractivity contribution < 1.29 is 19.5 Å². The van der Waals surface area contributed by atoms with Crippen LogP contribution in [0.1, 0.15) is 40.0 Å². The number of likely N-dealkylation sites (tertiary alicyclic amines) is 1. The maximum absolute atomic E-state index is 11.7. The maximum Gasteiger partial charge on any atom is 0.320 e. The summed E-state index contributed by atoms with van der Waals surface area (Å²) in [4.78, 5) is 36.3. The number of hydrogen-bond donors (Lipinski definition) is 4. The van der Waals surface area contributed by atoms with Crippen LogP contribution in [0.25, 0.3) is 0 Å². The normalized spacial score (nSPS) is 24.0. The fraction of sp³-hybridized carbons (Fsp3) is 0.800. The van der Waals surface area contributed by atoms with Crippen molar-refractivity contribution >= 4 is 17.8 Å². The molecule has 1 aliphatic heterocycles. The number of hydrogen-bond acceptors (Lipinski definition) is 5. The van der Waals surface area contributed by atoms with E-state index in [4.69, 9.17) is 5.84 Å². The quantitative estimate of drug-likeness (QED) is 0.275. The lowest BCUT2D eigenvalue weighted by atomic mass is 9.95. The topological polar surface area (TPSA) is 125 Å². The standard InChI is InChI=1S/C15H28N4O4/c1-4-5-11(9(2)17-10(3)20)7-19-8-12(14(21)18-16)6-13(19)15(22)23/h9,11-13H,4-8,16H2,1-3H3,(H,17,20)(H,18,21)(H,22,23)/t9?,11-,12?,13?/m0/s1. The lowest BCUT2D eigenvalue weighted by Crippen LogP contribution is -2.45. The van der Waals surface area contributed by atoms with E-state index in [2.05, 4.69) is 17.7 Å². The van der Waals surface area contributed by atoms with Gasteiger partial charge in [-0.05, 0) is 25.7 Å². The van der Waals surface area contributed by atoms with E-state index in [1.807, 2.05) is 11.8 Å². The molecule has 0 radical (unpaired) electrons. The summed E-state index contributed by atoms with van der Waals surface area (Å²) in [6, 6.07) is -0.745. The van der Waals surface area contributed by atoms with Crippen molar-refractivity contribution in [3.63, 3.8) is 0 Å². The first-order chi connectivity index (χ1) is 10.8. The molecule has 0 spiro atoms. The number of amides is 2. The highest BCUT2D eigenvalue weighted by atomic mass is 16.4. The van der Waals surface area contributed by atoms with Gasteiger partial charge in [-0.25, -0.2) is 5.84 Å². The zero-order valence-electron chi connectivity index (χ0n) is 14.0. The Morgan fingerprint density at radius 3 is 2.52 bits per heavy atom. The van der Waals surface area contributed by atoms with Gasteiger partial charge in [0.1, 0.15) is 6.04 Å². The van der Waals surface area contributed by atoms with Gasteiger partial charge in [0.15, 0.2) is 0 Å². The highest BCUT2D eigenvalue weighted by Gasteiger charge is 2.41. The van der Waals surface area contributed by atoms with Crippen LogP contribution in [-0.4, -0.2) is 53.0 Å². The minimum Gasteiger partial charge on any atom is -0.480 e. The van der Waals surface area contributed by atoms with E-state index in [1.165, 1.54) is 6.92 Å². The van der Waals surface area contributed by atoms with Gasteiger partial charge in [-0.15, -0.1) is 0 Å². The second-order valence-corrected chi connectivity index (χ2v) is 6.29. The number of aliphatic carboxylic acids is 1. The molecule has 0 aromatic heterocycles. The molecular formula is C15H28N4O4. The molecule has 0 aromatic carbocycles. The van der Waals surface area contributed by atoms with Crippen molar-refractivity contribution in [3.8, 4) is 0 Å². The van der Waals surface area contributed by atoms with E-state index in [-0.39, 0.29) is 30.2 Å². The number of rotatable bonds is 8. The van der Waals surface area contributed by atoms with Crippen LogP contribution in [0.4, 0.5) is 0 Å². The molecule has 23 heavy (non-hydrogen) atoms. The fourth-order valence-electron chi connectivity index (χ4n) is 3.28. The molecule has 2 amide bonds. The fourth-order valence-corrected chi connectivity index (χ4v) is 3.28. The van der Waals surface area contributed by atoms with E-state index < -0.39 is 17.9 Å². The lowest BCUT2D eigenvalue weighted by molar-refractivity contribution is -0.142. The van der Waals surface area contributed by atoms with Gasteiger partial charge in [0.2, 0.25) is 11.8 Å². The van der Waals surface area contributed by atoms with E-state index in [9.17, 15) is 19.5 Å². The molecule has 1 saturated heterocycles. The summed E-state index contributed by atoms with van der Waals surface area (Å²) >= 11 is 0. The van der Waals surface area contributed by atoms with Crippen LogP contribution in [-0.2, 0) is 14.4 Å². The SMILES string of the molecule is CCC[C@@H](CN1CC(C(=O)NN)CC1C(=O)O)C(C)NC(C)=O. The number of carbonyl (C=O) groups excluding carboxylic acids is 2. The molecule has 1 fully saturated rings. The average molecular weight is 328 g/mol. The Morgan fingerprint density at radius 1 is 1.39 bits per heavy atom. The Balaban J connectivity index is 2.80. The van der Waals surface area contributed by atoms with Crippen molar-refractivity contribution in [2.75, 3.05) is 13.1 Å². The Kier molecular flexibility index (Phi) is 7.44. The molecular weight excluding hydrogens is 300 g/mol. The van der Waals surface area contributed by atoms with Gasteiger partial charge in [-0.2, -0.15) is 0 Å². The first-order valence-corrected chi connectivity index (χ1v) is 8.04. The number of carbonyl (C=O) groups is 3. The third kappa shape index (κ3) is 5.47. The average Bonchev–Trinajstić information content (AvgIpc) is 2.89. The summed E-state index contributed by atoms with van der Waals surface area (Å²) in [5.41, 5.74) is 2.10. The molecule has 4 atom stereocenters. The van der Waals surface area contributed by atoms with Crippen molar-refractivity contribution in [1.82, 2.24) is 15.6 Å². The predicted octanol–water partition coefficient (Wildman–Crippen LogP) is -0.308. The van der Waals surface area contributed by atoms with Crippen LogP contribution in [0, 0.1) is 11.8 Å². The second kappa shape index (κ2) is 8.83. The molecule has 0 bridgehead atoms. The Morgan fingerprint density at radius 2 is 2.04 bits per heavy atom. The van der Waals surface area contributed by atoms with Gasteiger partial charge in [-0.3, -0.25) is 24.7 Å². The summed E-state index contributed by atoms with van der Waals surface area (Å²) in [6.07, 6.45) is 2.07.